The SMILES string of the molecule is CC(C)OC(=O)C(N)CC(CCN)SC(C)C. The average Bonchev–Trinajstić information content (AvgIpc) is 2.15. The molecule has 2 unspecified atom stereocenters. The monoisotopic (exact) mass is 262 g/mol. The number of hydrogen-bond acceptors (Lipinski definition) is 5. The minimum Gasteiger partial charge on any atom is -0.462 e. The smallest absolute Gasteiger partial charge is 0.323 e. The zero-order chi connectivity index (χ0) is 13.4. The first-order chi connectivity index (χ1) is 7.86. The van der Waals surface area contributed by atoms with Crippen LogP contribution in [0.2, 0.25) is 0 Å². The fourth-order valence-corrected chi connectivity index (χ4v) is 2.87. The van der Waals surface area contributed by atoms with Gasteiger partial charge in [-0.3, -0.25) is 4.79 Å². The number of esters is 1. The zero-order valence-corrected chi connectivity index (χ0v) is 12.1. The van der Waals surface area contributed by atoms with Crippen molar-refractivity contribution in [2.24, 2.45) is 11.5 Å². The van der Waals surface area contributed by atoms with E-state index in [1.807, 2.05) is 25.6 Å². The molecule has 2 atom stereocenters. The van der Waals surface area contributed by atoms with Crippen molar-refractivity contribution in [1.29, 1.82) is 0 Å². The lowest BCUT2D eigenvalue weighted by Crippen LogP contribution is -2.37. The summed E-state index contributed by atoms with van der Waals surface area (Å²) >= 11 is 1.82. The van der Waals surface area contributed by atoms with Crippen LogP contribution in [0.5, 0.6) is 0 Å². The summed E-state index contributed by atoms with van der Waals surface area (Å²) in [6, 6.07) is -0.541. The number of carbonyl (C=O) groups excluding carboxylic acids is 1. The van der Waals surface area contributed by atoms with Gasteiger partial charge in [0.1, 0.15) is 6.04 Å². The van der Waals surface area contributed by atoms with E-state index in [1.54, 1.807) is 0 Å². The topological polar surface area (TPSA) is 78.3 Å². The van der Waals surface area contributed by atoms with Crippen LogP contribution in [0.1, 0.15) is 40.5 Å². The van der Waals surface area contributed by atoms with Crippen LogP contribution in [0.25, 0.3) is 0 Å². The van der Waals surface area contributed by atoms with Gasteiger partial charge in [0.05, 0.1) is 6.10 Å². The Morgan fingerprint density at radius 1 is 1.29 bits per heavy atom. The van der Waals surface area contributed by atoms with Crippen LogP contribution in [0.3, 0.4) is 0 Å². The number of ether oxygens (including phenoxy) is 1. The minimum atomic E-state index is -0.541. The zero-order valence-electron chi connectivity index (χ0n) is 11.3. The molecule has 17 heavy (non-hydrogen) atoms. The van der Waals surface area contributed by atoms with Crippen molar-refractivity contribution in [1.82, 2.24) is 0 Å². The number of thioether (sulfide) groups is 1. The number of nitrogens with two attached hydrogens (primary N) is 2. The van der Waals surface area contributed by atoms with Gasteiger partial charge in [-0.25, -0.2) is 0 Å². The summed E-state index contributed by atoms with van der Waals surface area (Å²) in [5.74, 6) is -0.314. The van der Waals surface area contributed by atoms with E-state index < -0.39 is 6.04 Å². The van der Waals surface area contributed by atoms with Crippen LogP contribution < -0.4 is 11.5 Å². The standard InChI is InChI=1S/C12H26N2O2S/c1-8(2)16-12(15)11(14)7-10(5-6-13)17-9(3)4/h8-11H,5-7,13-14H2,1-4H3. The molecule has 0 spiro atoms. The molecule has 0 aromatic carbocycles. The van der Waals surface area contributed by atoms with Gasteiger partial charge in [-0.05, 0) is 38.5 Å². The lowest BCUT2D eigenvalue weighted by Gasteiger charge is -2.21. The third kappa shape index (κ3) is 8.46. The van der Waals surface area contributed by atoms with E-state index in [0.29, 0.717) is 23.5 Å². The van der Waals surface area contributed by atoms with Gasteiger partial charge in [0, 0.05) is 5.25 Å². The molecule has 4 N–H and O–H groups in total. The lowest BCUT2D eigenvalue weighted by atomic mass is 10.1. The summed E-state index contributed by atoms with van der Waals surface area (Å²) in [4.78, 5) is 11.6. The number of carbonyl (C=O) groups is 1. The van der Waals surface area contributed by atoms with Crippen LogP contribution in [0.15, 0.2) is 0 Å². The Balaban J connectivity index is 4.18. The third-order valence-corrected chi connectivity index (χ3v) is 3.48. The lowest BCUT2D eigenvalue weighted by molar-refractivity contribution is -0.149. The van der Waals surface area contributed by atoms with Crippen molar-refractivity contribution in [3.63, 3.8) is 0 Å². The maximum Gasteiger partial charge on any atom is 0.323 e. The molecule has 102 valence electrons. The first-order valence-electron chi connectivity index (χ1n) is 6.18. The Bertz CT molecular complexity index is 223. The molecule has 0 aliphatic carbocycles. The van der Waals surface area contributed by atoms with Crippen molar-refractivity contribution in [3.05, 3.63) is 0 Å². The number of rotatable bonds is 8. The van der Waals surface area contributed by atoms with Gasteiger partial charge in [0.2, 0.25) is 0 Å². The fourth-order valence-electron chi connectivity index (χ4n) is 1.51. The van der Waals surface area contributed by atoms with Crippen LogP contribution in [0, 0.1) is 0 Å². The predicted molar refractivity (Wildman–Crippen MR) is 74.0 cm³/mol. The van der Waals surface area contributed by atoms with Crippen LogP contribution in [0.4, 0.5) is 0 Å². The normalized spacial score (nSPS) is 15.1. The molecule has 0 aliphatic rings. The van der Waals surface area contributed by atoms with E-state index in [-0.39, 0.29) is 12.1 Å². The van der Waals surface area contributed by atoms with Gasteiger partial charge in [0.15, 0.2) is 0 Å². The summed E-state index contributed by atoms with van der Waals surface area (Å²) in [5.41, 5.74) is 11.4. The Hall–Kier alpha value is -0.260. The molecule has 0 amide bonds. The molecule has 4 nitrogen and oxygen atoms in total. The van der Waals surface area contributed by atoms with Gasteiger partial charge in [0.25, 0.3) is 0 Å². The molecule has 0 bridgehead atoms. The maximum absolute atomic E-state index is 11.6. The van der Waals surface area contributed by atoms with E-state index in [9.17, 15) is 4.79 Å². The van der Waals surface area contributed by atoms with Gasteiger partial charge >= 0.3 is 5.97 Å². The molecule has 5 heteroatoms. The summed E-state index contributed by atoms with van der Waals surface area (Å²) in [7, 11) is 0. The molecule has 0 aromatic rings. The first kappa shape index (κ1) is 16.7. The molecular weight excluding hydrogens is 236 g/mol. The second-order valence-electron chi connectivity index (χ2n) is 4.71. The van der Waals surface area contributed by atoms with Crippen LogP contribution >= 0.6 is 11.8 Å². The largest absolute Gasteiger partial charge is 0.462 e. The molecule has 0 saturated carbocycles. The van der Waals surface area contributed by atoms with Crippen molar-refractivity contribution in [2.75, 3.05) is 6.54 Å². The average molecular weight is 262 g/mol. The Labute approximate surface area is 109 Å². The highest BCUT2D eigenvalue weighted by molar-refractivity contribution is 8.00. The third-order valence-electron chi connectivity index (χ3n) is 2.12. The molecule has 0 radical (unpaired) electrons. The van der Waals surface area contributed by atoms with Crippen molar-refractivity contribution in [3.8, 4) is 0 Å². The summed E-state index contributed by atoms with van der Waals surface area (Å²) < 4.78 is 5.09. The number of hydrogen-bond donors (Lipinski definition) is 2. The maximum atomic E-state index is 11.6. The van der Waals surface area contributed by atoms with Crippen molar-refractivity contribution >= 4 is 17.7 Å². The van der Waals surface area contributed by atoms with Gasteiger partial charge < -0.3 is 16.2 Å². The Morgan fingerprint density at radius 2 is 1.88 bits per heavy atom. The second kappa shape index (κ2) is 8.78. The fraction of sp³-hybridized carbons (Fsp3) is 0.917. The summed E-state index contributed by atoms with van der Waals surface area (Å²) in [6.45, 7) is 8.53. The predicted octanol–water partition coefficient (Wildman–Crippen LogP) is 1.51. The van der Waals surface area contributed by atoms with Gasteiger partial charge in [-0.2, -0.15) is 11.8 Å². The van der Waals surface area contributed by atoms with E-state index in [2.05, 4.69) is 13.8 Å². The molecule has 0 aromatic heterocycles. The van der Waals surface area contributed by atoms with E-state index in [4.69, 9.17) is 16.2 Å². The minimum absolute atomic E-state index is 0.112. The van der Waals surface area contributed by atoms with E-state index in [1.165, 1.54) is 0 Å². The van der Waals surface area contributed by atoms with Crippen LogP contribution in [-0.2, 0) is 9.53 Å². The second-order valence-corrected chi connectivity index (χ2v) is 6.59. The van der Waals surface area contributed by atoms with Crippen molar-refractivity contribution < 1.29 is 9.53 Å². The van der Waals surface area contributed by atoms with Crippen LogP contribution in [-0.4, -0.2) is 35.2 Å². The van der Waals surface area contributed by atoms with E-state index >= 15 is 0 Å². The highest BCUT2D eigenvalue weighted by Crippen LogP contribution is 2.23. The summed E-state index contributed by atoms with van der Waals surface area (Å²) in [5, 5.41) is 0.842. The molecule has 0 heterocycles. The highest BCUT2D eigenvalue weighted by Gasteiger charge is 2.22. The van der Waals surface area contributed by atoms with Gasteiger partial charge in [-0.1, -0.05) is 13.8 Å². The molecule has 0 fully saturated rings. The Kier molecular flexibility index (Phi) is 8.64. The Morgan fingerprint density at radius 3 is 2.29 bits per heavy atom. The first-order valence-corrected chi connectivity index (χ1v) is 7.12. The summed E-state index contributed by atoms with van der Waals surface area (Å²) in [6.07, 6.45) is 1.40. The van der Waals surface area contributed by atoms with Gasteiger partial charge in [-0.15, -0.1) is 0 Å². The highest BCUT2D eigenvalue weighted by atomic mass is 32.2. The quantitative estimate of drug-likeness (QED) is 0.648. The molecule has 0 aliphatic heterocycles. The van der Waals surface area contributed by atoms with E-state index in [0.717, 1.165) is 6.42 Å². The molecule has 0 rings (SSSR count). The van der Waals surface area contributed by atoms with Crippen molar-refractivity contribution in [2.45, 2.75) is 63.2 Å². The molecule has 0 saturated heterocycles. The molecular formula is C12H26N2O2S.